The number of aliphatic imine (C=N–C) groups is 1. The summed E-state index contributed by atoms with van der Waals surface area (Å²) in [5.74, 6) is 2.27. The molecule has 4 amide bonds. The Hall–Kier alpha value is -12.3. The first-order valence-electron chi connectivity index (χ1n) is 33.0. The molecule has 105 heavy (non-hydrogen) atoms. The van der Waals surface area contributed by atoms with Gasteiger partial charge in [0, 0.05) is 78.4 Å². The molecule has 20 nitrogen and oxygen atoms in total. The Balaban J connectivity index is 0.000000124. The number of pyridine rings is 2. The molecule has 518 valence electrons. The summed E-state index contributed by atoms with van der Waals surface area (Å²) in [5, 5.41) is 14.0. The fourth-order valence-electron chi connectivity index (χ4n) is 11.4. The topological polar surface area (TPSA) is 238 Å². The summed E-state index contributed by atoms with van der Waals surface area (Å²) >= 11 is 18.5. The summed E-state index contributed by atoms with van der Waals surface area (Å²) in [6.45, 7) is 0.595. The fourth-order valence-corrected chi connectivity index (χ4v) is 12.2. The summed E-state index contributed by atoms with van der Waals surface area (Å²) < 4.78 is 9.55. The number of hydrazone groups is 1. The van der Waals surface area contributed by atoms with Gasteiger partial charge in [0.05, 0.1) is 50.3 Å². The second-order valence-electron chi connectivity index (χ2n) is 23.5. The lowest BCUT2D eigenvalue weighted by Gasteiger charge is -2.10. The van der Waals surface area contributed by atoms with E-state index in [2.05, 4.69) is 88.2 Å². The quantitative estimate of drug-likeness (QED) is 0.0497. The molecular weight excluding hydrogens is 1490 g/mol. The highest BCUT2D eigenvalue weighted by molar-refractivity contribution is 9.10. The number of hydrogen-bond donors (Lipinski definition) is 4. The highest BCUT2D eigenvalue weighted by Crippen LogP contribution is 2.30. The van der Waals surface area contributed by atoms with Crippen LogP contribution < -0.4 is 21.4 Å². The molecule has 1 aliphatic heterocycles. The number of para-hydroxylation sites is 8. The highest BCUT2D eigenvalue weighted by Gasteiger charge is 2.21. The lowest BCUT2D eigenvalue weighted by molar-refractivity contribution is -0.121. The molecule has 0 aliphatic carbocycles. The van der Waals surface area contributed by atoms with Crippen molar-refractivity contribution in [3.63, 3.8) is 0 Å². The number of benzene rings is 9. The Kier molecular flexibility index (Phi) is 23.1. The number of carbonyl (C=O) groups is 4. The van der Waals surface area contributed by atoms with Gasteiger partial charge >= 0.3 is 0 Å². The molecule has 1 aliphatic rings. The lowest BCUT2D eigenvalue weighted by Crippen LogP contribution is -2.24. The Morgan fingerprint density at radius 3 is 1.30 bits per heavy atom. The number of anilines is 3. The van der Waals surface area contributed by atoms with Gasteiger partial charge in [-0.05, 0) is 169 Å². The third-order valence-electron chi connectivity index (χ3n) is 16.2. The highest BCUT2D eigenvalue weighted by atomic mass is 79.9. The number of nitrogens with zero attached hydrogens (tertiary/aromatic N) is 12. The van der Waals surface area contributed by atoms with Crippen molar-refractivity contribution in [2.45, 2.75) is 32.6 Å². The first-order valence-corrected chi connectivity index (χ1v) is 35.3. The molecule has 0 unspecified atom stereocenters. The smallest absolute Gasteiger partial charge is 0.260 e. The minimum absolute atomic E-state index is 0.0901. The zero-order valence-electron chi connectivity index (χ0n) is 55.8. The van der Waals surface area contributed by atoms with E-state index in [1.807, 2.05) is 249 Å². The molecule has 9 aromatic carbocycles. The van der Waals surface area contributed by atoms with Crippen molar-refractivity contribution in [3.05, 3.63) is 310 Å². The molecular formula is C81H62Br2Cl2N16O4. The van der Waals surface area contributed by atoms with Gasteiger partial charge in [0.25, 0.3) is 5.91 Å². The SMILES string of the molecule is O=C(Cn1c(-c2ccccc2)nc2ccccc21)Nc1ccc(Br)cc1.O=C(Cn1c(-c2ccccn2)nc2ccccc21)Nc1ccc(Br)cc1.O=C(Cn1c(-c2cccnc2)nc2ccccc21)Nc1ccc(Cl)cc1.O=C(Cn1c(C2=CCC=N2)nc2ccccc21)NN=Cc1ccc(Cl)cc1. The zero-order valence-corrected chi connectivity index (χ0v) is 60.4. The van der Waals surface area contributed by atoms with Gasteiger partial charge in [0.2, 0.25) is 17.7 Å². The summed E-state index contributed by atoms with van der Waals surface area (Å²) in [5.41, 5.74) is 16.0. The summed E-state index contributed by atoms with van der Waals surface area (Å²) in [4.78, 5) is 81.8. The third-order valence-corrected chi connectivity index (χ3v) is 17.8. The molecule has 16 rings (SSSR count). The monoisotopic (exact) mass is 1550 g/mol. The average molecular weight is 1550 g/mol. The molecule has 0 radical (unpaired) electrons. The molecule has 6 aromatic heterocycles. The van der Waals surface area contributed by atoms with Crippen molar-refractivity contribution in [1.29, 1.82) is 0 Å². The van der Waals surface area contributed by atoms with E-state index in [1.165, 1.54) is 0 Å². The number of allylic oxidation sites excluding steroid dienone is 1. The van der Waals surface area contributed by atoms with E-state index in [-0.39, 0.29) is 49.8 Å². The molecule has 15 aromatic rings. The number of nitrogens with one attached hydrogen (secondary N) is 4. The number of halogens is 4. The summed E-state index contributed by atoms with van der Waals surface area (Å²) in [7, 11) is 0. The number of aromatic nitrogens is 10. The molecule has 0 spiro atoms. The molecule has 7 heterocycles. The van der Waals surface area contributed by atoms with Crippen molar-refractivity contribution >= 4 is 158 Å². The maximum atomic E-state index is 12.6. The molecule has 0 atom stereocenters. The van der Waals surface area contributed by atoms with Crippen LogP contribution in [0.25, 0.3) is 84.1 Å². The van der Waals surface area contributed by atoms with Crippen LogP contribution in [-0.4, -0.2) is 84.2 Å². The molecule has 0 saturated carbocycles. The van der Waals surface area contributed by atoms with Gasteiger partial charge in [-0.1, -0.05) is 152 Å². The van der Waals surface area contributed by atoms with Gasteiger partial charge in [-0.25, -0.2) is 25.4 Å². The standard InChI is InChI=1S/C21H16BrN3O.C20H15BrN4O.C20H16ClN5O.C20H15ClN4O/c22-16-10-12-17(13-11-16)23-20(26)14-25-19-9-5-4-8-18(19)24-21(25)15-6-2-1-3-7-15;21-14-8-10-15(11-9-14)23-19(26)13-25-18-7-2-1-5-16(18)24-20(25)17-6-3-4-12-22-17;21-15-9-7-14(8-10-15)12-23-25-19(27)13-26-18-6-2-1-4-16(18)24-20(26)17-5-3-11-22-17;21-15-7-9-16(10-8-15)23-19(26)13-25-18-6-2-1-5-17(18)24-20(25)14-4-3-11-22-12-14/h1-13H,14H2,(H,23,26);1-12H,13H2,(H,23,26);1-2,4-12H,3,13H2,(H,25,27);1-12H,13H2,(H,23,26). The first kappa shape index (κ1) is 71.1. The van der Waals surface area contributed by atoms with E-state index in [0.717, 1.165) is 105 Å². The van der Waals surface area contributed by atoms with E-state index in [0.29, 0.717) is 33.2 Å². The van der Waals surface area contributed by atoms with Crippen LogP contribution in [0.15, 0.2) is 298 Å². The minimum atomic E-state index is -0.243. The van der Waals surface area contributed by atoms with Crippen LogP contribution in [0.5, 0.6) is 0 Å². The van der Waals surface area contributed by atoms with E-state index in [1.54, 1.807) is 61.2 Å². The van der Waals surface area contributed by atoms with E-state index >= 15 is 0 Å². The van der Waals surface area contributed by atoms with Crippen LogP contribution >= 0.6 is 55.1 Å². The number of imidazole rings is 4. The van der Waals surface area contributed by atoms with Gasteiger partial charge in [-0.3, -0.25) is 34.1 Å². The number of carbonyl (C=O) groups excluding carboxylic acids is 4. The third kappa shape index (κ3) is 18.3. The van der Waals surface area contributed by atoms with E-state index < -0.39 is 0 Å². The molecule has 24 heteroatoms. The predicted molar refractivity (Wildman–Crippen MR) is 425 cm³/mol. The number of fused-ring (bicyclic) bond motifs is 4. The normalized spacial score (nSPS) is 11.5. The van der Waals surface area contributed by atoms with Gasteiger partial charge in [-0.2, -0.15) is 5.10 Å². The predicted octanol–water partition coefficient (Wildman–Crippen LogP) is 17.6. The van der Waals surface area contributed by atoms with Crippen molar-refractivity contribution in [3.8, 4) is 34.3 Å². The van der Waals surface area contributed by atoms with Crippen LogP contribution in [0.3, 0.4) is 0 Å². The zero-order chi connectivity index (χ0) is 72.4. The fraction of sp³-hybridized carbons (Fsp3) is 0.0617. The maximum absolute atomic E-state index is 12.6. The molecule has 0 fully saturated rings. The van der Waals surface area contributed by atoms with Gasteiger partial charge in [0.1, 0.15) is 49.2 Å². The second kappa shape index (κ2) is 34.1. The van der Waals surface area contributed by atoms with Crippen LogP contribution in [0.2, 0.25) is 10.0 Å². The lowest BCUT2D eigenvalue weighted by atomic mass is 10.2. The van der Waals surface area contributed by atoms with Crippen molar-refractivity contribution in [1.82, 2.24) is 53.6 Å². The van der Waals surface area contributed by atoms with Gasteiger partial charge in [-0.15, -0.1) is 0 Å². The number of hydrogen-bond acceptors (Lipinski definition) is 12. The molecule has 0 saturated heterocycles. The molecule has 4 N–H and O–H groups in total. The van der Waals surface area contributed by atoms with Crippen molar-refractivity contribution in [2.75, 3.05) is 16.0 Å². The van der Waals surface area contributed by atoms with Crippen LogP contribution in [0, 0.1) is 0 Å². The first-order chi connectivity index (χ1) is 51.3. The van der Waals surface area contributed by atoms with E-state index in [9.17, 15) is 19.2 Å². The Bertz CT molecular complexity index is 5240. The number of rotatable bonds is 17. The average Bonchev–Trinajstić information content (AvgIpc) is 1.66. The van der Waals surface area contributed by atoms with Crippen LogP contribution in [-0.2, 0) is 45.4 Å². The number of amides is 4. The Morgan fingerprint density at radius 2 is 0.829 bits per heavy atom. The van der Waals surface area contributed by atoms with Crippen molar-refractivity contribution in [2.24, 2.45) is 10.1 Å². The van der Waals surface area contributed by atoms with Gasteiger partial charge in [0.15, 0.2) is 11.6 Å². The minimum Gasteiger partial charge on any atom is -0.325 e. The maximum Gasteiger partial charge on any atom is 0.260 e. The largest absolute Gasteiger partial charge is 0.325 e. The second-order valence-corrected chi connectivity index (χ2v) is 26.2. The molecule has 0 bridgehead atoms. The Morgan fingerprint density at radius 1 is 0.419 bits per heavy atom. The Labute approximate surface area is 629 Å². The summed E-state index contributed by atoms with van der Waals surface area (Å²) in [6, 6.07) is 79.7. The van der Waals surface area contributed by atoms with E-state index in [4.69, 9.17) is 28.2 Å². The van der Waals surface area contributed by atoms with Crippen LogP contribution in [0.4, 0.5) is 17.1 Å². The van der Waals surface area contributed by atoms with Crippen LogP contribution in [0.1, 0.15) is 17.8 Å². The summed E-state index contributed by atoms with van der Waals surface area (Å²) in [6.07, 6.45) is 11.4. The van der Waals surface area contributed by atoms with Gasteiger partial charge < -0.3 is 34.2 Å². The van der Waals surface area contributed by atoms with Crippen molar-refractivity contribution < 1.29 is 19.2 Å².